The topological polar surface area (TPSA) is 55.4 Å². The maximum absolute atomic E-state index is 11.6. The molecule has 0 aliphatic rings. The van der Waals surface area contributed by atoms with Gasteiger partial charge in [0.15, 0.2) is 0 Å². The van der Waals surface area contributed by atoms with Crippen molar-refractivity contribution in [2.45, 2.75) is 19.4 Å². The molecule has 2 aromatic carbocycles. The fourth-order valence-electron chi connectivity index (χ4n) is 2.05. The molecular weight excluding hydrogens is 278 g/mol. The SMILES string of the molecule is COC(=O)CCC(=O)NCc1ccc(-c2ccccc2)cc1. The van der Waals surface area contributed by atoms with Crippen LogP contribution in [0.25, 0.3) is 11.1 Å². The largest absolute Gasteiger partial charge is 0.469 e. The van der Waals surface area contributed by atoms with Gasteiger partial charge in [0.2, 0.25) is 5.91 Å². The number of hydrogen-bond donors (Lipinski definition) is 1. The first kappa shape index (κ1) is 15.8. The molecule has 0 radical (unpaired) electrons. The molecule has 0 aromatic heterocycles. The second-order valence-electron chi connectivity index (χ2n) is 4.92. The maximum atomic E-state index is 11.6. The molecule has 0 fully saturated rings. The zero-order chi connectivity index (χ0) is 15.8. The van der Waals surface area contributed by atoms with Crippen LogP contribution >= 0.6 is 0 Å². The molecular formula is C18H19NO3. The molecule has 0 aliphatic carbocycles. The van der Waals surface area contributed by atoms with E-state index in [2.05, 4.69) is 22.2 Å². The summed E-state index contributed by atoms with van der Waals surface area (Å²) in [6.45, 7) is 0.453. The molecule has 0 atom stereocenters. The molecule has 0 bridgehead atoms. The van der Waals surface area contributed by atoms with Gasteiger partial charge < -0.3 is 10.1 Å². The minimum absolute atomic E-state index is 0.106. The van der Waals surface area contributed by atoms with Gasteiger partial charge in [-0.3, -0.25) is 9.59 Å². The molecule has 0 aliphatic heterocycles. The summed E-state index contributed by atoms with van der Waals surface area (Å²) in [4.78, 5) is 22.6. The van der Waals surface area contributed by atoms with E-state index in [1.54, 1.807) is 0 Å². The third-order valence-corrected chi connectivity index (χ3v) is 3.33. The maximum Gasteiger partial charge on any atom is 0.306 e. The lowest BCUT2D eigenvalue weighted by Gasteiger charge is -2.06. The van der Waals surface area contributed by atoms with Gasteiger partial charge >= 0.3 is 5.97 Å². The van der Waals surface area contributed by atoms with Crippen molar-refractivity contribution in [3.05, 3.63) is 60.2 Å². The molecule has 4 heteroatoms. The minimum atomic E-state index is -0.373. The molecule has 4 nitrogen and oxygen atoms in total. The van der Waals surface area contributed by atoms with Gasteiger partial charge in [0.05, 0.1) is 13.5 Å². The fraction of sp³-hybridized carbons (Fsp3) is 0.222. The highest BCUT2D eigenvalue weighted by atomic mass is 16.5. The second-order valence-corrected chi connectivity index (χ2v) is 4.92. The summed E-state index contributed by atoms with van der Waals surface area (Å²) in [6, 6.07) is 18.2. The molecule has 1 amide bonds. The Kier molecular flexibility index (Phi) is 5.72. The van der Waals surface area contributed by atoms with Crippen LogP contribution in [0.3, 0.4) is 0 Å². The quantitative estimate of drug-likeness (QED) is 0.834. The Morgan fingerprint density at radius 2 is 1.55 bits per heavy atom. The highest BCUT2D eigenvalue weighted by molar-refractivity contribution is 5.81. The molecule has 0 saturated carbocycles. The molecule has 1 N–H and O–H groups in total. The van der Waals surface area contributed by atoms with Crippen LogP contribution in [0.4, 0.5) is 0 Å². The van der Waals surface area contributed by atoms with Crippen molar-refractivity contribution in [3.8, 4) is 11.1 Å². The summed E-state index contributed by atoms with van der Waals surface area (Å²) < 4.78 is 4.50. The third-order valence-electron chi connectivity index (χ3n) is 3.33. The summed E-state index contributed by atoms with van der Waals surface area (Å²) in [5.74, 6) is -0.528. The van der Waals surface area contributed by atoms with Crippen LogP contribution in [0.15, 0.2) is 54.6 Å². The van der Waals surface area contributed by atoms with Gasteiger partial charge in [0, 0.05) is 13.0 Å². The number of carbonyl (C=O) groups is 2. The first-order valence-corrected chi connectivity index (χ1v) is 7.17. The predicted octanol–water partition coefficient (Wildman–Crippen LogP) is 2.92. The smallest absolute Gasteiger partial charge is 0.306 e. The van der Waals surface area contributed by atoms with Crippen molar-refractivity contribution in [2.24, 2.45) is 0 Å². The van der Waals surface area contributed by atoms with Gasteiger partial charge in [-0.2, -0.15) is 0 Å². The van der Waals surface area contributed by atoms with Crippen LogP contribution in [0, 0.1) is 0 Å². The van der Waals surface area contributed by atoms with Crippen molar-refractivity contribution >= 4 is 11.9 Å². The summed E-state index contributed by atoms with van der Waals surface area (Å²) in [6.07, 6.45) is 0.254. The zero-order valence-corrected chi connectivity index (χ0v) is 12.5. The Labute approximate surface area is 130 Å². The van der Waals surface area contributed by atoms with Gasteiger partial charge in [0.1, 0.15) is 0 Å². The number of hydrogen-bond acceptors (Lipinski definition) is 3. The lowest BCUT2D eigenvalue weighted by Crippen LogP contribution is -2.23. The fourth-order valence-corrected chi connectivity index (χ4v) is 2.05. The molecule has 22 heavy (non-hydrogen) atoms. The van der Waals surface area contributed by atoms with Crippen LogP contribution in [-0.4, -0.2) is 19.0 Å². The van der Waals surface area contributed by atoms with Gasteiger partial charge in [0.25, 0.3) is 0 Å². The highest BCUT2D eigenvalue weighted by Crippen LogP contribution is 2.19. The first-order chi connectivity index (χ1) is 10.7. The van der Waals surface area contributed by atoms with Crippen LogP contribution in [0.2, 0.25) is 0 Å². The normalized spacial score (nSPS) is 10.0. The standard InChI is InChI=1S/C18H19NO3/c1-22-18(21)12-11-17(20)19-13-14-7-9-16(10-8-14)15-5-3-2-4-6-15/h2-10H,11-13H2,1H3,(H,19,20). The molecule has 0 spiro atoms. The number of methoxy groups -OCH3 is 1. The van der Waals surface area contributed by atoms with Gasteiger partial charge in [-0.05, 0) is 16.7 Å². The average molecular weight is 297 g/mol. The summed E-state index contributed by atoms with van der Waals surface area (Å²) in [7, 11) is 1.31. The Balaban J connectivity index is 1.84. The number of amides is 1. The number of nitrogens with one attached hydrogen (secondary N) is 1. The molecule has 0 saturated heterocycles. The van der Waals surface area contributed by atoms with Crippen molar-refractivity contribution in [1.29, 1.82) is 0 Å². The Hall–Kier alpha value is -2.62. The summed E-state index contributed by atoms with van der Waals surface area (Å²) in [5.41, 5.74) is 3.32. The molecule has 114 valence electrons. The van der Waals surface area contributed by atoms with Crippen LogP contribution in [0.5, 0.6) is 0 Å². The number of rotatable bonds is 6. The van der Waals surface area contributed by atoms with Crippen LogP contribution in [0.1, 0.15) is 18.4 Å². The van der Waals surface area contributed by atoms with Crippen molar-refractivity contribution in [1.82, 2.24) is 5.32 Å². The Morgan fingerprint density at radius 1 is 0.909 bits per heavy atom. The zero-order valence-electron chi connectivity index (χ0n) is 12.5. The van der Waals surface area contributed by atoms with Crippen molar-refractivity contribution in [2.75, 3.05) is 7.11 Å². The second kappa shape index (κ2) is 7.98. The van der Waals surface area contributed by atoms with Gasteiger partial charge in [-0.15, -0.1) is 0 Å². The van der Waals surface area contributed by atoms with Gasteiger partial charge in [-0.25, -0.2) is 0 Å². The van der Waals surface area contributed by atoms with Crippen LogP contribution in [-0.2, 0) is 20.9 Å². The van der Waals surface area contributed by atoms with E-state index in [-0.39, 0.29) is 24.7 Å². The number of esters is 1. The van der Waals surface area contributed by atoms with Crippen LogP contribution < -0.4 is 5.32 Å². The van der Waals surface area contributed by atoms with E-state index in [1.807, 2.05) is 42.5 Å². The third kappa shape index (κ3) is 4.74. The number of benzene rings is 2. The van der Waals surface area contributed by atoms with E-state index in [0.717, 1.165) is 16.7 Å². The number of ether oxygens (including phenoxy) is 1. The lowest BCUT2D eigenvalue weighted by molar-refractivity contribution is -0.142. The molecule has 0 unspecified atom stereocenters. The van der Waals surface area contributed by atoms with E-state index in [1.165, 1.54) is 7.11 Å². The average Bonchev–Trinajstić information content (AvgIpc) is 2.59. The van der Waals surface area contributed by atoms with E-state index in [4.69, 9.17) is 0 Å². The van der Waals surface area contributed by atoms with E-state index in [0.29, 0.717) is 6.54 Å². The molecule has 0 heterocycles. The Bertz CT molecular complexity index is 621. The van der Waals surface area contributed by atoms with Gasteiger partial charge in [-0.1, -0.05) is 54.6 Å². The molecule has 2 rings (SSSR count). The number of carbonyl (C=O) groups excluding carboxylic acids is 2. The summed E-state index contributed by atoms with van der Waals surface area (Å²) in [5, 5.41) is 2.79. The summed E-state index contributed by atoms with van der Waals surface area (Å²) >= 11 is 0. The minimum Gasteiger partial charge on any atom is -0.469 e. The lowest BCUT2D eigenvalue weighted by atomic mass is 10.0. The van der Waals surface area contributed by atoms with E-state index < -0.39 is 0 Å². The van der Waals surface area contributed by atoms with Crippen molar-refractivity contribution < 1.29 is 14.3 Å². The monoisotopic (exact) mass is 297 g/mol. The predicted molar refractivity (Wildman–Crippen MR) is 85.0 cm³/mol. The first-order valence-electron chi connectivity index (χ1n) is 7.17. The highest BCUT2D eigenvalue weighted by Gasteiger charge is 2.06. The Morgan fingerprint density at radius 3 is 2.18 bits per heavy atom. The van der Waals surface area contributed by atoms with E-state index >= 15 is 0 Å². The van der Waals surface area contributed by atoms with Crippen molar-refractivity contribution in [3.63, 3.8) is 0 Å². The van der Waals surface area contributed by atoms with E-state index in [9.17, 15) is 9.59 Å². The molecule has 2 aromatic rings.